The summed E-state index contributed by atoms with van der Waals surface area (Å²) in [6.45, 7) is 2.62. The van der Waals surface area contributed by atoms with Crippen molar-refractivity contribution in [3.05, 3.63) is 99.8 Å². The molecule has 5 aromatic rings. The predicted molar refractivity (Wildman–Crippen MR) is 133 cm³/mol. The van der Waals surface area contributed by atoms with Crippen molar-refractivity contribution in [1.29, 1.82) is 0 Å². The van der Waals surface area contributed by atoms with Gasteiger partial charge in [-0.1, -0.05) is 23.7 Å². The summed E-state index contributed by atoms with van der Waals surface area (Å²) in [5.41, 5.74) is 5.35. The summed E-state index contributed by atoms with van der Waals surface area (Å²) < 4.78 is 12.1. The number of aromatic nitrogens is 3. The molecule has 0 aliphatic heterocycles. The third-order valence-corrected chi connectivity index (χ3v) is 6.76. The maximum absolute atomic E-state index is 13.7. The number of ether oxygens (including phenoxy) is 1. The molecule has 0 bridgehead atoms. The first-order chi connectivity index (χ1) is 16.0. The number of carbonyl (C=O) groups excluding carboxylic acids is 1. The molecule has 0 spiro atoms. The van der Waals surface area contributed by atoms with E-state index in [4.69, 9.17) is 16.3 Å². The van der Waals surface area contributed by atoms with Crippen LogP contribution in [0.2, 0.25) is 5.02 Å². The highest BCUT2D eigenvalue weighted by molar-refractivity contribution is 7.08. The van der Waals surface area contributed by atoms with Gasteiger partial charge in [0.15, 0.2) is 0 Å². The average molecular weight is 474 g/mol. The number of pyridine rings is 1. The van der Waals surface area contributed by atoms with Gasteiger partial charge in [-0.15, -0.1) is 0 Å². The summed E-state index contributed by atoms with van der Waals surface area (Å²) in [5, 5.41) is 1.56. The van der Waals surface area contributed by atoms with Crippen molar-refractivity contribution in [2.75, 3.05) is 7.11 Å². The number of carbonyl (C=O) groups is 1. The Hall–Kier alpha value is -3.48. The molecule has 7 heteroatoms. The molecule has 5 rings (SSSR count). The summed E-state index contributed by atoms with van der Waals surface area (Å²) in [7, 11) is 1.63. The van der Waals surface area contributed by atoms with Gasteiger partial charge < -0.3 is 9.30 Å². The number of benzene rings is 2. The van der Waals surface area contributed by atoms with Crippen LogP contribution < -0.4 is 4.74 Å². The van der Waals surface area contributed by atoms with E-state index in [1.54, 1.807) is 19.5 Å². The Morgan fingerprint density at radius 2 is 1.82 bits per heavy atom. The topological polar surface area (TPSA) is 57.0 Å². The largest absolute Gasteiger partial charge is 0.497 e. The van der Waals surface area contributed by atoms with Crippen LogP contribution in [0, 0.1) is 6.92 Å². The molecule has 164 valence electrons. The average Bonchev–Trinajstić information content (AvgIpc) is 3.44. The Morgan fingerprint density at radius 3 is 2.55 bits per heavy atom. The lowest BCUT2D eigenvalue weighted by Crippen LogP contribution is -2.05. The van der Waals surface area contributed by atoms with Crippen LogP contribution in [0.5, 0.6) is 5.75 Å². The van der Waals surface area contributed by atoms with Crippen molar-refractivity contribution >= 4 is 39.8 Å². The summed E-state index contributed by atoms with van der Waals surface area (Å²) in [6, 6.07) is 19.2. The third-order valence-electron chi connectivity index (χ3n) is 5.72. The van der Waals surface area contributed by atoms with Crippen LogP contribution >= 0.6 is 23.1 Å². The molecule has 0 unspecified atom stereocenters. The number of nitrogens with zero attached hydrogens (tertiary/aromatic N) is 3. The minimum atomic E-state index is -0.0431. The van der Waals surface area contributed by atoms with Crippen molar-refractivity contribution in [2.24, 2.45) is 0 Å². The SMILES string of the molecule is COc1ccc2c(c1)c(C(=O)c1cc(-c3ccncc3)ns1)c(C)n2Cc1ccc(Cl)cc1. The zero-order valence-corrected chi connectivity index (χ0v) is 19.7. The molecule has 33 heavy (non-hydrogen) atoms. The molecule has 0 saturated heterocycles. The number of hydrogen-bond donors (Lipinski definition) is 0. The monoisotopic (exact) mass is 473 g/mol. The second-order valence-electron chi connectivity index (χ2n) is 7.70. The van der Waals surface area contributed by atoms with Gasteiger partial charge in [0.25, 0.3) is 0 Å². The number of methoxy groups -OCH3 is 1. The molecule has 0 amide bonds. The highest BCUT2D eigenvalue weighted by Gasteiger charge is 2.24. The smallest absolute Gasteiger partial charge is 0.207 e. The van der Waals surface area contributed by atoms with Gasteiger partial charge in [0.2, 0.25) is 5.78 Å². The minimum Gasteiger partial charge on any atom is -0.497 e. The first-order valence-electron chi connectivity index (χ1n) is 10.4. The van der Waals surface area contributed by atoms with E-state index in [0.717, 1.165) is 33.4 Å². The van der Waals surface area contributed by atoms with Crippen LogP contribution in [-0.2, 0) is 6.54 Å². The maximum atomic E-state index is 13.7. The number of halogens is 1. The van der Waals surface area contributed by atoms with Gasteiger partial charge >= 0.3 is 0 Å². The van der Waals surface area contributed by atoms with Gasteiger partial charge in [0.05, 0.1) is 23.2 Å². The van der Waals surface area contributed by atoms with E-state index in [2.05, 4.69) is 13.9 Å². The Morgan fingerprint density at radius 1 is 1.06 bits per heavy atom. The summed E-state index contributed by atoms with van der Waals surface area (Å²) >= 11 is 7.27. The molecular formula is C26H20ClN3O2S. The Kier molecular flexibility index (Phi) is 5.70. The van der Waals surface area contributed by atoms with Gasteiger partial charge in [-0.2, -0.15) is 4.37 Å². The van der Waals surface area contributed by atoms with Crippen molar-refractivity contribution < 1.29 is 9.53 Å². The van der Waals surface area contributed by atoms with Crippen LogP contribution in [0.4, 0.5) is 0 Å². The number of rotatable bonds is 6. The Labute approximate surface area is 200 Å². The second kappa shape index (κ2) is 8.81. The summed E-state index contributed by atoms with van der Waals surface area (Å²) in [5.74, 6) is 0.667. The van der Waals surface area contributed by atoms with Crippen molar-refractivity contribution in [1.82, 2.24) is 13.9 Å². The first-order valence-corrected chi connectivity index (χ1v) is 11.5. The van der Waals surface area contributed by atoms with E-state index in [1.165, 1.54) is 11.5 Å². The van der Waals surface area contributed by atoms with E-state index in [0.29, 0.717) is 27.8 Å². The highest BCUT2D eigenvalue weighted by atomic mass is 35.5. The molecule has 3 heterocycles. The van der Waals surface area contributed by atoms with Crippen molar-refractivity contribution in [2.45, 2.75) is 13.5 Å². The molecule has 0 aliphatic rings. The van der Waals surface area contributed by atoms with Crippen LogP contribution in [0.25, 0.3) is 22.2 Å². The zero-order valence-electron chi connectivity index (χ0n) is 18.1. The van der Waals surface area contributed by atoms with Crippen LogP contribution in [0.3, 0.4) is 0 Å². The summed E-state index contributed by atoms with van der Waals surface area (Å²) in [6.07, 6.45) is 3.44. The van der Waals surface area contributed by atoms with E-state index < -0.39 is 0 Å². The van der Waals surface area contributed by atoms with Crippen LogP contribution in [0.15, 0.2) is 73.1 Å². The van der Waals surface area contributed by atoms with Gasteiger partial charge in [0.1, 0.15) is 5.75 Å². The predicted octanol–water partition coefficient (Wildman–Crippen LogP) is 6.41. The third kappa shape index (κ3) is 4.03. The highest BCUT2D eigenvalue weighted by Crippen LogP contribution is 2.33. The normalized spacial score (nSPS) is 11.1. The molecule has 0 aliphatic carbocycles. The molecule has 5 nitrogen and oxygen atoms in total. The van der Waals surface area contributed by atoms with Crippen molar-refractivity contribution in [3.63, 3.8) is 0 Å². The zero-order chi connectivity index (χ0) is 22.9. The summed E-state index contributed by atoms with van der Waals surface area (Å²) in [4.78, 5) is 18.4. The Bertz CT molecular complexity index is 1460. The fraction of sp³-hybridized carbons (Fsp3) is 0.115. The molecule has 0 fully saturated rings. The van der Waals surface area contributed by atoms with Crippen molar-refractivity contribution in [3.8, 4) is 17.0 Å². The number of hydrogen-bond acceptors (Lipinski definition) is 5. The molecule has 0 saturated carbocycles. The molecule has 3 aromatic heterocycles. The fourth-order valence-corrected chi connectivity index (χ4v) is 4.85. The standard InChI is InChI=1S/C26H20ClN3O2S/c1-16-25(26(31)24-14-22(29-33-24)18-9-11-28-12-10-18)21-13-20(32-2)7-8-23(21)30(16)15-17-3-5-19(27)6-4-17/h3-14H,15H2,1-2H3. The van der Waals surface area contributed by atoms with Crippen LogP contribution in [0.1, 0.15) is 26.5 Å². The van der Waals surface area contributed by atoms with E-state index in [-0.39, 0.29) is 5.78 Å². The Balaban J connectivity index is 1.61. The van der Waals surface area contributed by atoms with E-state index in [1.807, 2.05) is 67.6 Å². The fourth-order valence-electron chi connectivity index (χ4n) is 4.02. The quantitative estimate of drug-likeness (QED) is 0.267. The molecule has 2 aromatic carbocycles. The van der Waals surface area contributed by atoms with Gasteiger partial charge in [-0.3, -0.25) is 9.78 Å². The minimum absolute atomic E-state index is 0.0431. The lowest BCUT2D eigenvalue weighted by molar-refractivity contribution is 0.104. The second-order valence-corrected chi connectivity index (χ2v) is 8.94. The maximum Gasteiger partial charge on any atom is 0.207 e. The molecule has 0 atom stereocenters. The van der Waals surface area contributed by atoms with Gasteiger partial charge in [-0.25, -0.2) is 0 Å². The molecule has 0 N–H and O–H groups in total. The number of fused-ring (bicyclic) bond motifs is 1. The van der Waals surface area contributed by atoms with Gasteiger partial charge in [0, 0.05) is 46.1 Å². The van der Waals surface area contributed by atoms with E-state index in [9.17, 15) is 4.79 Å². The van der Waals surface area contributed by atoms with Gasteiger partial charge in [-0.05, 0) is 72.6 Å². The lowest BCUT2D eigenvalue weighted by atomic mass is 10.0. The van der Waals surface area contributed by atoms with Crippen LogP contribution in [-0.4, -0.2) is 26.8 Å². The van der Waals surface area contributed by atoms with E-state index >= 15 is 0 Å². The molecular weight excluding hydrogens is 454 g/mol. The number of ketones is 1. The first kappa shape index (κ1) is 21.4. The molecule has 0 radical (unpaired) electrons. The lowest BCUT2D eigenvalue weighted by Gasteiger charge is -2.09.